The molecule has 0 bridgehead atoms. The van der Waals surface area contributed by atoms with Crippen LogP contribution in [0.25, 0.3) is 0 Å². The van der Waals surface area contributed by atoms with Gasteiger partial charge in [-0.1, -0.05) is 6.92 Å². The fraction of sp³-hybridized carbons (Fsp3) is 0.583. The van der Waals surface area contributed by atoms with Crippen molar-refractivity contribution in [3.8, 4) is 0 Å². The van der Waals surface area contributed by atoms with Crippen molar-refractivity contribution in [2.75, 3.05) is 18.4 Å². The molecular weight excluding hydrogens is 232 g/mol. The van der Waals surface area contributed by atoms with Crippen molar-refractivity contribution in [2.24, 2.45) is 5.41 Å². The zero-order chi connectivity index (χ0) is 13.0. The molecule has 3 N–H and O–H groups in total. The molecule has 1 aliphatic rings. The standard InChI is InChI=1S/C12H18N4O2/c1-2-12(5-7-13-8-6-12)11(18)14-9-3-4-10(17)16-15-9/h3-4,13H,2,5-8H2,1H3,(H,16,17)(H,14,15,18). The largest absolute Gasteiger partial charge is 0.317 e. The zero-order valence-corrected chi connectivity index (χ0v) is 10.5. The molecular formula is C12H18N4O2. The van der Waals surface area contributed by atoms with Crippen LogP contribution in [0.1, 0.15) is 26.2 Å². The highest BCUT2D eigenvalue weighted by Gasteiger charge is 2.37. The normalized spacial score (nSPS) is 18.3. The number of hydrogen-bond donors (Lipinski definition) is 3. The molecule has 98 valence electrons. The van der Waals surface area contributed by atoms with E-state index < -0.39 is 0 Å². The molecule has 0 radical (unpaired) electrons. The van der Waals surface area contributed by atoms with E-state index in [0.717, 1.165) is 32.4 Å². The third-order valence-electron chi connectivity index (χ3n) is 3.64. The molecule has 0 atom stereocenters. The molecule has 2 rings (SSSR count). The number of H-pyrrole nitrogens is 1. The van der Waals surface area contributed by atoms with Gasteiger partial charge in [-0.3, -0.25) is 9.59 Å². The summed E-state index contributed by atoms with van der Waals surface area (Å²) in [6.07, 6.45) is 2.47. The molecule has 0 spiro atoms. The van der Waals surface area contributed by atoms with Crippen molar-refractivity contribution < 1.29 is 4.79 Å². The zero-order valence-electron chi connectivity index (χ0n) is 10.5. The Hall–Kier alpha value is -1.69. The first kappa shape index (κ1) is 12.8. The predicted molar refractivity (Wildman–Crippen MR) is 68.3 cm³/mol. The van der Waals surface area contributed by atoms with Crippen molar-refractivity contribution in [1.82, 2.24) is 15.5 Å². The van der Waals surface area contributed by atoms with Gasteiger partial charge in [0.2, 0.25) is 5.91 Å². The summed E-state index contributed by atoms with van der Waals surface area (Å²) in [6, 6.07) is 2.87. The second kappa shape index (κ2) is 5.30. The lowest BCUT2D eigenvalue weighted by molar-refractivity contribution is -0.127. The summed E-state index contributed by atoms with van der Waals surface area (Å²) in [5.41, 5.74) is -0.594. The number of anilines is 1. The number of aromatic nitrogens is 2. The number of nitrogens with one attached hydrogen (secondary N) is 3. The van der Waals surface area contributed by atoms with E-state index in [1.54, 1.807) is 0 Å². The molecule has 1 aliphatic heterocycles. The van der Waals surface area contributed by atoms with E-state index in [1.807, 2.05) is 6.92 Å². The Bertz CT molecular complexity index is 457. The smallest absolute Gasteiger partial charge is 0.264 e. The summed E-state index contributed by atoms with van der Waals surface area (Å²) in [7, 11) is 0. The topological polar surface area (TPSA) is 86.9 Å². The average molecular weight is 250 g/mol. The molecule has 1 aromatic rings. The molecule has 18 heavy (non-hydrogen) atoms. The average Bonchev–Trinajstić information content (AvgIpc) is 2.42. The summed E-state index contributed by atoms with van der Waals surface area (Å²) in [5, 5.41) is 12.1. The minimum atomic E-state index is -0.316. The van der Waals surface area contributed by atoms with Crippen molar-refractivity contribution in [2.45, 2.75) is 26.2 Å². The molecule has 0 aliphatic carbocycles. The van der Waals surface area contributed by atoms with Crippen molar-refractivity contribution in [3.63, 3.8) is 0 Å². The van der Waals surface area contributed by atoms with E-state index in [9.17, 15) is 9.59 Å². The fourth-order valence-electron chi connectivity index (χ4n) is 2.31. The van der Waals surface area contributed by atoms with Gasteiger partial charge >= 0.3 is 0 Å². The van der Waals surface area contributed by atoms with Crippen LogP contribution in [0, 0.1) is 5.41 Å². The predicted octanol–water partition coefficient (Wildman–Crippen LogP) is 0.488. The van der Waals surface area contributed by atoms with Crippen LogP contribution in [-0.4, -0.2) is 29.2 Å². The first-order valence-electron chi connectivity index (χ1n) is 6.24. The Labute approximate surface area is 105 Å². The summed E-state index contributed by atoms with van der Waals surface area (Å²) in [5.74, 6) is 0.386. The Morgan fingerprint density at radius 2 is 2.17 bits per heavy atom. The Balaban J connectivity index is 2.10. The van der Waals surface area contributed by atoms with Crippen molar-refractivity contribution in [1.29, 1.82) is 0 Å². The van der Waals surface area contributed by atoms with E-state index in [1.165, 1.54) is 12.1 Å². The molecule has 1 aromatic heterocycles. The van der Waals surface area contributed by atoms with Crippen LogP contribution in [0.2, 0.25) is 0 Å². The van der Waals surface area contributed by atoms with E-state index in [2.05, 4.69) is 20.8 Å². The first-order chi connectivity index (χ1) is 8.66. The monoisotopic (exact) mass is 250 g/mol. The molecule has 0 aromatic carbocycles. The van der Waals surface area contributed by atoms with Gasteiger partial charge in [0.15, 0.2) is 5.82 Å². The molecule has 0 saturated carbocycles. The van der Waals surface area contributed by atoms with E-state index in [4.69, 9.17) is 0 Å². The van der Waals surface area contributed by atoms with Gasteiger partial charge in [0, 0.05) is 6.07 Å². The molecule has 1 amide bonds. The quantitative estimate of drug-likeness (QED) is 0.728. The van der Waals surface area contributed by atoms with E-state index in [-0.39, 0.29) is 16.9 Å². The number of nitrogens with zero attached hydrogens (tertiary/aromatic N) is 1. The minimum Gasteiger partial charge on any atom is -0.317 e. The fourth-order valence-corrected chi connectivity index (χ4v) is 2.31. The summed E-state index contributed by atoms with van der Waals surface area (Å²) in [6.45, 7) is 3.76. The summed E-state index contributed by atoms with van der Waals surface area (Å²) in [4.78, 5) is 23.2. The molecule has 1 fully saturated rings. The number of piperidine rings is 1. The van der Waals surface area contributed by atoms with Crippen LogP contribution in [0.5, 0.6) is 0 Å². The van der Waals surface area contributed by atoms with Gasteiger partial charge < -0.3 is 10.6 Å². The molecule has 1 saturated heterocycles. The second-order valence-corrected chi connectivity index (χ2v) is 4.64. The number of carbonyl (C=O) groups excluding carboxylic acids is 1. The van der Waals surface area contributed by atoms with E-state index >= 15 is 0 Å². The highest BCUT2D eigenvalue weighted by molar-refractivity contribution is 5.94. The van der Waals surface area contributed by atoms with Gasteiger partial charge in [0.1, 0.15) is 0 Å². The van der Waals surface area contributed by atoms with Crippen LogP contribution in [0.3, 0.4) is 0 Å². The van der Waals surface area contributed by atoms with Crippen molar-refractivity contribution >= 4 is 11.7 Å². The molecule has 2 heterocycles. The number of rotatable bonds is 3. The third-order valence-corrected chi connectivity index (χ3v) is 3.64. The van der Waals surface area contributed by atoms with Gasteiger partial charge in [0.25, 0.3) is 5.56 Å². The first-order valence-corrected chi connectivity index (χ1v) is 6.24. The number of hydrogen-bond acceptors (Lipinski definition) is 4. The third kappa shape index (κ3) is 2.59. The van der Waals surface area contributed by atoms with Gasteiger partial charge in [-0.15, -0.1) is 0 Å². The summed E-state index contributed by atoms with van der Waals surface area (Å²) < 4.78 is 0. The SMILES string of the molecule is CCC1(C(=O)Nc2ccc(=O)[nH]n2)CCNCC1. The number of amides is 1. The molecule has 0 unspecified atom stereocenters. The van der Waals surface area contributed by atoms with Gasteiger partial charge in [-0.05, 0) is 38.4 Å². The lowest BCUT2D eigenvalue weighted by atomic mass is 9.76. The Morgan fingerprint density at radius 3 is 2.72 bits per heavy atom. The maximum absolute atomic E-state index is 12.3. The van der Waals surface area contributed by atoms with Gasteiger partial charge in [-0.2, -0.15) is 5.10 Å². The number of carbonyl (C=O) groups is 1. The Kier molecular flexibility index (Phi) is 3.76. The molecule has 6 heteroatoms. The maximum Gasteiger partial charge on any atom is 0.264 e. The van der Waals surface area contributed by atoms with Gasteiger partial charge in [0.05, 0.1) is 5.41 Å². The number of aromatic amines is 1. The minimum absolute atomic E-state index is 0.00829. The van der Waals surface area contributed by atoms with Gasteiger partial charge in [-0.25, -0.2) is 5.10 Å². The lowest BCUT2D eigenvalue weighted by Gasteiger charge is -2.35. The van der Waals surface area contributed by atoms with Crippen LogP contribution < -0.4 is 16.2 Å². The highest BCUT2D eigenvalue weighted by Crippen LogP contribution is 2.33. The summed E-state index contributed by atoms with van der Waals surface area (Å²) >= 11 is 0. The van der Waals surface area contributed by atoms with Crippen LogP contribution in [0.4, 0.5) is 5.82 Å². The second-order valence-electron chi connectivity index (χ2n) is 4.64. The molecule has 6 nitrogen and oxygen atoms in total. The highest BCUT2D eigenvalue weighted by atomic mass is 16.2. The maximum atomic E-state index is 12.3. The van der Waals surface area contributed by atoms with Crippen LogP contribution in [0.15, 0.2) is 16.9 Å². The van der Waals surface area contributed by atoms with Crippen LogP contribution in [-0.2, 0) is 4.79 Å². The van der Waals surface area contributed by atoms with Crippen molar-refractivity contribution in [3.05, 3.63) is 22.5 Å². The van der Waals surface area contributed by atoms with Crippen LogP contribution >= 0.6 is 0 Å². The lowest BCUT2D eigenvalue weighted by Crippen LogP contribution is -2.44. The van der Waals surface area contributed by atoms with E-state index in [0.29, 0.717) is 5.82 Å². The Morgan fingerprint density at radius 1 is 1.44 bits per heavy atom.